The van der Waals surface area contributed by atoms with E-state index in [2.05, 4.69) is 49.0 Å². The van der Waals surface area contributed by atoms with E-state index < -0.39 is 0 Å². The van der Waals surface area contributed by atoms with E-state index >= 15 is 0 Å². The number of benzene rings is 1. The normalized spacial score (nSPS) is 14.0. The van der Waals surface area contributed by atoms with Gasteiger partial charge in [0.1, 0.15) is 5.84 Å². The van der Waals surface area contributed by atoms with Gasteiger partial charge in [-0.05, 0) is 36.8 Å². The van der Waals surface area contributed by atoms with Crippen LogP contribution in [0.2, 0.25) is 0 Å². The number of rotatable bonds is 4. The third kappa shape index (κ3) is 6.27. The number of carbonyl (C=O) groups excluding carboxylic acids is 1. The van der Waals surface area contributed by atoms with Crippen molar-refractivity contribution in [3.8, 4) is 0 Å². The number of methoxy groups -OCH3 is 1. The number of benzodiazepines with no additional fused rings is 1. The summed E-state index contributed by atoms with van der Waals surface area (Å²) < 4.78 is 5.28. The van der Waals surface area contributed by atoms with Gasteiger partial charge in [0.2, 0.25) is 0 Å². The van der Waals surface area contributed by atoms with Crippen LogP contribution in [-0.4, -0.2) is 42.7 Å². The molecule has 7 heteroatoms. The minimum Gasteiger partial charge on any atom is -0.469 e. The lowest BCUT2D eigenvalue weighted by atomic mass is 10.0. The number of ether oxygens (including phenoxy) is 1. The number of nitrogens with one attached hydrogen (secondary N) is 1. The summed E-state index contributed by atoms with van der Waals surface area (Å²) in [5, 5.41) is 3.41. The van der Waals surface area contributed by atoms with E-state index in [1.807, 2.05) is 30.3 Å². The van der Waals surface area contributed by atoms with Gasteiger partial charge in [-0.25, -0.2) is 0 Å². The number of nitrogens with zero attached hydrogens (tertiary/aromatic N) is 3. The standard InChI is InChI=1S/C17H17BrN4.C4H8O2/c1-2-8-20-16-11-21-17(15-5-3-4-9-19-15)13-10-12(18)6-7-14(13)22-16;1-3-4(5)6-2/h3-7,9-10H,2,8,11H2,1H3,(H,20,22);3H2,1-2H3. The Morgan fingerprint density at radius 2 is 2.11 bits per heavy atom. The molecule has 1 aliphatic heterocycles. The van der Waals surface area contributed by atoms with Crippen LogP contribution in [0.1, 0.15) is 37.9 Å². The zero-order chi connectivity index (χ0) is 20.4. The fraction of sp³-hybridized carbons (Fsp3) is 0.333. The molecule has 0 amide bonds. The predicted molar refractivity (Wildman–Crippen MR) is 117 cm³/mol. The zero-order valence-corrected chi connectivity index (χ0v) is 18.0. The van der Waals surface area contributed by atoms with Crippen LogP contribution < -0.4 is 5.32 Å². The first-order chi connectivity index (χ1) is 13.6. The average Bonchev–Trinajstić information content (AvgIpc) is 2.91. The van der Waals surface area contributed by atoms with Gasteiger partial charge < -0.3 is 10.1 Å². The predicted octanol–water partition coefficient (Wildman–Crippen LogP) is 4.48. The van der Waals surface area contributed by atoms with Gasteiger partial charge >= 0.3 is 5.97 Å². The average molecular weight is 445 g/mol. The van der Waals surface area contributed by atoms with Crippen molar-refractivity contribution in [2.24, 2.45) is 9.98 Å². The molecule has 0 bridgehead atoms. The van der Waals surface area contributed by atoms with Gasteiger partial charge in [-0.15, -0.1) is 0 Å². The fourth-order valence-electron chi connectivity index (χ4n) is 2.46. The van der Waals surface area contributed by atoms with Crippen molar-refractivity contribution < 1.29 is 9.53 Å². The monoisotopic (exact) mass is 444 g/mol. The SMILES string of the molecule is CCC(=O)OC.CCCN=C1CN=C(c2ccccn2)c2cc(Br)ccc2N1. The van der Waals surface area contributed by atoms with Crippen LogP contribution in [0.5, 0.6) is 0 Å². The van der Waals surface area contributed by atoms with E-state index in [1.54, 1.807) is 13.1 Å². The minimum absolute atomic E-state index is 0.157. The number of aromatic nitrogens is 1. The number of amidine groups is 1. The van der Waals surface area contributed by atoms with E-state index in [0.29, 0.717) is 13.0 Å². The van der Waals surface area contributed by atoms with Crippen molar-refractivity contribution in [3.05, 3.63) is 58.3 Å². The van der Waals surface area contributed by atoms with Crippen molar-refractivity contribution in [2.45, 2.75) is 26.7 Å². The molecule has 1 N–H and O–H groups in total. The lowest BCUT2D eigenvalue weighted by molar-refractivity contribution is -0.140. The quantitative estimate of drug-likeness (QED) is 0.704. The van der Waals surface area contributed by atoms with Gasteiger partial charge in [0.05, 0.1) is 25.1 Å². The number of fused-ring (bicyclic) bond motifs is 1. The maximum atomic E-state index is 9.96. The Balaban J connectivity index is 0.000000409. The molecule has 6 nitrogen and oxygen atoms in total. The van der Waals surface area contributed by atoms with Crippen LogP contribution >= 0.6 is 15.9 Å². The number of hydrogen-bond donors (Lipinski definition) is 1. The van der Waals surface area contributed by atoms with E-state index in [-0.39, 0.29) is 5.97 Å². The molecule has 28 heavy (non-hydrogen) atoms. The molecule has 0 aliphatic carbocycles. The first-order valence-corrected chi connectivity index (χ1v) is 10.0. The molecule has 0 unspecified atom stereocenters. The van der Waals surface area contributed by atoms with Crippen LogP contribution in [0.4, 0.5) is 5.69 Å². The summed E-state index contributed by atoms with van der Waals surface area (Å²) in [5.41, 5.74) is 3.82. The van der Waals surface area contributed by atoms with E-state index in [1.165, 1.54) is 7.11 Å². The summed E-state index contributed by atoms with van der Waals surface area (Å²) in [6.07, 6.45) is 3.28. The number of aliphatic imine (C=N–C) groups is 2. The molecular weight excluding hydrogens is 420 g/mol. The molecule has 1 aliphatic rings. The van der Waals surface area contributed by atoms with Crippen molar-refractivity contribution >= 4 is 39.1 Å². The Kier molecular flexibility index (Phi) is 8.81. The maximum Gasteiger partial charge on any atom is 0.305 e. The number of esters is 1. The molecule has 0 atom stereocenters. The fourth-order valence-corrected chi connectivity index (χ4v) is 2.82. The van der Waals surface area contributed by atoms with E-state index in [0.717, 1.165) is 45.9 Å². The number of halogens is 1. The maximum absolute atomic E-state index is 9.96. The second-order valence-electron chi connectivity index (χ2n) is 5.95. The zero-order valence-electron chi connectivity index (χ0n) is 16.4. The second-order valence-corrected chi connectivity index (χ2v) is 6.87. The molecule has 2 heterocycles. The van der Waals surface area contributed by atoms with Gasteiger partial charge in [0, 0.05) is 34.9 Å². The Morgan fingerprint density at radius 1 is 1.29 bits per heavy atom. The largest absolute Gasteiger partial charge is 0.469 e. The first kappa shape index (κ1) is 21.8. The minimum atomic E-state index is -0.157. The highest BCUT2D eigenvalue weighted by molar-refractivity contribution is 9.10. The van der Waals surface area contributed by atoms with Crippen LogP contribution in [0.15, 0.2) is 57.1 Å². The highest BCUT2D eigenvalue weighted by Gasteiger charge is 2.18. The second kappa shape index (κ2) is 11.3. The summed E-state index contributed by atoms with van der Waals surface area (Å²) in [4.78, 5) is 23.7. The Hall–Kier alpha value is -2.54. The van der Waals surface area contributed by atoms with Gasteiger partial charge in [-0.3, -0.25) is 19.8 Å². The van der Waals surface area contributed by atoms with Crippen LogP contribution in [-0.2, 0) is 9.53 Å². The summed E-state index contributed by atoms with van der Waals surface area (Å²) in [7, 11) is 1.38. The first-order valence-electron chi connectivity index (χ1n) is 9.21. The Labute approximate surface area is 174 Å². The van der Waals surface area contributed by atoms with Crippen LogP contribution in [0, 0.1) is 0 Å². The van der Waals surface area contributed by atoms with E-state index in [4.69, 9.17) is 4.99 Å². The molecule has 148 valence electrons. The van der Waals surface area contributed by atoms with Crippen molar-refractivity contribution in [1.29, 1.82) is 0 Å². The number of hydrogen-bond acceptors (Lipinski definition) is 5. The molecule has 0 saturated carbocycles. The Bertz CT molecular complexity index is 845. The lowest BCUT2D eigenvalue weighted by Gasteiger charge is -2.11. The molecular formula is C21H25BrN4O2. The highest BCUT2D eigenvalue weighted by Crippen LogP contribution is 2.25. The van der Waals surface area contributed by atoms with Crippen molar-refractivity contribution in [3.63, 3.8) is 0 Å². The number of carbonyl (C=O) groups is 1. The third-order valence-electron chi connectivity index (χ3n) is 3.85. The van der Waals surface area contributed by atoms with Gasteiger partial charge in [0.15, 0.2) is 0 Å². The molecule has 3 rings (SSSR count). The molecule has 2 aromatic rings. The summed E-state index contributed by atoms with van der Waals surface area (Å²) in [6.45, 7) is 5.22. The summed E-state index contributed by atoms with van der Waals surface area (Å²) in [5.74, 6) is 0.742. The smallest absolute Gasteiger partial charge is 0.305 e. The van der Waals surface area contributed by atoms with Crippen LogP contribution in [0.3, 0.4) is 0 Å². The van der Waals surface area contributed by atoms with Crippen molar-refractivity contribution in [1.82, 2.24) is 4.98 Å². The van der Waals surface area contributed by atoms with Gasteiger partial charge in [-0.2, -0.15) is 0 Å². The molecule has 1 aromatic carbocycles. The van der Waals surface area contributed by atoms with Crippen LogP contribution in [0.25, 0.3) is 0 Å². The Morgan fingerprint density at radius 3 is 2.71 bits per heavy atom. The third-order valence-corrected chi connectivity index (χ3v) is 4.35. The van der Waals surface area contributed by atoms with E-state index in [9.17, 15) is 4.79 Å². The molecule has 0 fully saturated rings. The van der Waals surface area contributed by atoms with Gasteiger partial charge in [-0.1, -0.05) is 35.8 Å². The topological polar surface area (TPSA) is 75.9 Å². The van der Waals surface area contributed by atoms with Crippen molar-refractivity contribution in [2.75, 3.05) is 25.5 Å². The molecule has 0 radical (unpaired) electrons. The summed E-state index contributed by atoms with van der Waals surface area (Å²) >= 11 is 3.54. The van der Waals surface area contributed by atoms with Gasteiger partial charge in [0.25, 0.3) is 0 Å². The lowest BCUT2D eigenvalue weighted by Crippen LogP contribution is -2.15. The molecule has 0 spiro atoms. The number of pyridine rings is 1. The highest BCUT2D eigenvalue weighted by atomic mass is 79.9. The summed E-state index contributed by atoms with van der Waals surface area (Å²) in [6, 6.07) is 12.0. The molecule has 0 saturated heterocycles. The number of anilines is 1. The molecule has 1 aromatic heterocycles.